The molecule has 3 rings (SSSR count). The number of Topliss-reactive ketones (excluding diaryl/α,β-unsaturated/α-hetero) is 1. The number of rotatable bonds is 6. The minimum absolute atomic E-state index is 0.0205. The third kappa shape index (κ3) is 4.72. The molecule has 29 heavy (non-hydrogen) atoms. The Morgan fingerprint density at radius 2 is 2.03 bits per heavy atom. The van der Waals surface area contributed by atoms with Crippen molar-refractivity contribution in [3.8, 4) is 23.4 Å². The molecule has 0 spiro atoms. The molecule has 3 aromatic rings. The third-order valence-electron chi connectivity index (χ3n) is 3.72. The van der Waals surface area contributed by atoms with Crippen LogP contribution in [0.5, 0.6) is 17.4 Å². The van der Waals surface area contributed by atoms with Crippen molar-refractivity contribution in [1.29, 1.82) is 5.26 Å². The number of anilines is 1. The lowest BCUT2D eigenvalue weighted by atomic mass is 10.2. The van der Waals surface area contributed by atoms with Crippen LogP contribution < -0.4 is 10.1 Å². The molecule has 1 aromatic carbocycles. The second-order valence-electron chi connectivity index (χ2n) is 6.23. The van der Waals surface area contributed by atoms with E-state index < -0.39 is 11.7 Å². The topological polar surface area (TPSA) is 143 Å². The Morgan fingerprint density at radius 1 is 1.24 bits per heavy atom. The number of hydrogen-bond donors (Lipinski definition) is 2. The van der Waals surface area contributed by atoms with Gasteiger partial charge in [-0.25, -0.2) is 9.97 Å². The van der Waals surface area contributed by atoms with E-state index >= 15 is 0 Å². The minimum atomic E-state index is -0.819. The fraction of sp³-hybridized carbons (Fsp3) is 0.158. The van der Waals surface area contributed by atoms with Crippen molar-refractivity contribution in [1.82, 2.24) is 19.7 Å². The first-order valence-corrected chi connectivity index (χ1v) is 8.50. The highest BCUT2D eigenvalue weighted by molar-refractivity contribution is 6.06. The number of aromatic nitrogens is 4. The Labute approximate surface area is 165 Å². The molecule has 2 heterocycles. The molecule has 0 saturated carbocycles. The van der Waals surface area contributed by atoms with E-state index in [0.717, 1.165) is 12.4 Å². The number of carbonyl (C=O) groups is 2. The molecule has 1 amide bonds. The van der Waals surface area contributed by atoms with Crippen molar-refractivity contribution >= 4 is 17.5 Å². The third-order valence-corrected chi connectivity index (χ3v) is 3.72. The standard InChI is InChI=1S/C19H16N6O4/c1-11(2)25-4-3-17(24-25)23-19(28)12-5-13(26)7-14(6-12)29-18-10-21-15(9-22-18)16(27)8-20/h3-7,9-11,26H,1-2H3,(H,23,24,28). The van der Waals surface area contributed by atoms with Crippen molar-refractivity contribution < 1.29 is 19.4 Å². The van der Waals surface area contributed by atoms with E-state index in [1.54, 1.807) is 16.9 Å². The molecule has 0 aliphatic carbocycles. The van der Waals surface area contributed by atoms with Gasteiger partial charge < -0.3 is 15.2 Å². The van der Waals surface area contributed by atoms with Crippen molar-refractivity contribution in [2.45, 2.75) is 19.9 Å². The van der Waals surface area contributed by atoms with Crippen LogP contribution in [0.1, 0.15) is 40.7 Å². The summed E-state index contributed by atoms with van der Waals surface area (Å²) in [5.74, 6) is -0.965. The number of amides is 1. The molecule has 0 saturated heterocycles. The quantitative estimate of drug-likeness (QED) is 0.481. The van der Waals surface area contributed by atoms with Crippen LogP contribution >= 0.6 is 0 Å². The summed E-state index contributed by atoms with van der Waals surface area (Å²) in [6, 6.07) is 7.23. The summed E-state index contributed by atoms with van der Waals surface area (Å²) in [7, 11) is 0. The van der Waals surface area contributed by atoms with E-state index in [9.17, 15) is 14.7 Å². The molecule has 10 nitrogen and oxygen atoms in total. The van der Waals surface area contributed by atoms with Gasteiger partial charge >= 0.3 is 0 Å². The number of ketones is 1. The summed E-state index contributed by atoms with van der Waals surface area (Å²) in [4.78, 5) is 31.4. The number of phenols is 1. The predicted octanol–water partition coefficient (Wildman–Crippen LogP) is 2.71. The normalized spacial score (nSPS) is 10.4. The molecule has 10 heteroatoms. The molecule has 0 atom stereocenters. The van der Waals surface area contributed by atoms with Crippen LogP contribution in [0, 0.1) is 11.3 Å². The van der Waals surface area contributed by atoms with E-state index in [1.165, 1.54) is 24.3 Å². The van der Waals surface area contributed by atoms with Gasteiger partial charge in [0.2, 0.25) is 5.88 Å². The van der Waals surface area contributed by atoms with E-state index in [-0.39, 0.29) is 34.7 Å². The Hall–Kier alpha value is -4.26. The lowest BCUT2D eigenvalue weighted by Crippen LogP contribution is -2.13. The van der Waals surface area contributed by atoms with Crippen molar-refractivity contribution in [2.75, 3.05) is 5.32 Å². The summed E-state index contributed by atoms with van der Waals surface area (Å²) < 4.78 is 7.18. The van der Waals surface area contributed by atoms with Gasteiger partial charge in [-0.3, -0.25) is 14.3 Å². The summed E-state index contributed by atoms with van der Waals surface area (Å²) in [5, 5.41) is 25.4. The van der Waals surface area contributed by atoms with Crippen LogP contribution in [0.25, 0.3) is 0 Å². The molecular weight excluding hydrogens is 376 g/mol. The maximum Gasteiger partial charge on any atom is 0.282 e. The Kier molecular flexibility index (Phi) is 5.50. The van der Waals surface area contributed by atoms with Gasteiger partial charge in [-0.2, -0.15) is 10.4 Å². The van der Waals surface area contributed by atoms with Crippen LogP contribution in [0.15, 0.2) is 42.9 Å². The molecule has 2 aromatic heterocycles. The van der Waals surface area contributed by atoms with Crippen LogP contribution in [0.2, 0.25) is 0 Å². The van der Waals surface area contributed by atoms with Gasteiger partial charge in [0.25, 0.3) is 11.7 Å². The minimum Gasteiger partial charge on any atom is -0.508 e. The lowest BCUT2D eigenvalue weighted by molar-refractivity contribution is 0.102. The Morgan fingerprint density at radius 3 is 2.66 bits per heavy atom. The van der Waals surface area contributed by atoms with Crippen molar-refractivity contribution in [2.24, 2.45) is 0 Å². The van der Waals surface area contributed by atoms with E-state index in [0.29, 0.717) is 5.82 Å². The number of hydrogen-bond acceptors (Lipinski definition) is 8. The molecular formula is C19H16N6O4. The molecule has 0 fully saturated rings. The van der Waals surface area contributed by atoms with Gasteiger partial charge in [0.15, 0.2) is 5.82 Å². The molecule has 0 radical (unpaired) electrons. The Balaban J connectivity index is 1.76. The van der Waals surface area contributed by atoms with Gasteiger partial charge in [0, 0.05) is 29.9 Å². The lowest BCUT2D eigenvalue weighted by Gasteiger charge is -2.08. The van der Waals surface area contributed by atoms with Crippen LogP contribution in [-0.2, 0) is 0 Å². The zero-order valence-electron chi connectivity index (χ0n) is 15.5. The molecule has 0 unspecified atom stereocenters. The smallest absolute Gasteiger partial charge is 0.282 e. The van der Waals surface area contributed by atoms with Crippen LogP contribution in [0.4, 0.5) is 5.82 Å². The molecule has 146 valence electrons. The van der Waals surface area contributed by atoms with E-state index in [2.05, 4.69) is 20.4 Å². The van der Waals surface area contributed by atoms with E-state index in [1.807, 2.05) is 13.8 Å². The molecule has 2 N–H and O–H groups in total. The SMILES string of the molecule is CC(C)n1ccc(NC(=O)c2cc(O)cc(Oc3cnc(C(=O)C#N)cn3)c2)n1. The largest absolute Gasteiger partial charge is 0.508 e. The number of benzene rings is 1. The zero-order chi connectivity index (χ0) is 21.0. The van der Waals surface area contributed by atoms with Gasteiger partial charge in [-0.05, 0) is 26.0 Å². The highest BCUT2D eigenvalue weighted by atomic mass is 16.5. The van der Waals surface area contributed by atoms with Gasteiger partial charge in [-0.1, -0.05) is 0 Å². The van der Waals surface area contributed by atoms with Crippen LogP contribution in [0.3, 0.4) is 0 Å². The monoisotopic (exact) mass is 392 g/mol. The second kappa shape index (κ2) is 8.18. The number of aromatic hydroxyl groups is 1. The fourth-order valence-corrected chi connectivity index (χ4v) is 2.32. The fourth-order valence-electron chi connectivity index (χ4n) is 2.32. The van der Waals surface area contributed by atoms with Gasteiger partial charge in [0.1, 0.15) is 23.3 Å². The maximum atomic E-state index is 12.5. The first kappa shape index (κ1) is 19.5. The molecule has 0 aliphatic rings. The number of nitrogens with one attached hydrogen (secondary N) is 1. The average Bonchev–Trinajstić information content (AvgIpc) is 3.16. The first-order valence-electron chi connectivity index (χ1n) is 8.50. The van der Waals surface area contributed by atoms with Gasteiger partial charge in [-0.15, -0.1) is 0 Å². The maximum absolute atomic E-state index is 12.5. The van der Waals surface area contributed by atoms with E-state index in [4.69, 9.17) is 10.00 Å². The Bertz CT molecular complexity index is 1100. The highest BCUT2D eigenvalue weighted by Crippen LogP contribution is 2.26. The number of phenolic OH excluding ortho intramolecular Hbond substituents is 1. The second-order valence-corrected chi connectivity index (χ2v) is 6.23. The zero-order valence-corrected chi connectivity index (χ0v) is 15.5. The van der Waals surface area contributed by atoms with Crippen molar-refractivity contribution in [3.63, 3.8) is 0 Å². The van der Waals surface area contributed by atoms with Crippen molar-refractivity contribution in [3.05, 3.63) is 54.1 Å². The van der Waals surface area contributed by atoms with Crippen LogP contribution in [-0.4, -0.2) is 36.5 Å². The first-order chi connectivity index (χ1) is 13.9. The number of ether oxygens (including phenoxy) is 1. The summed E-state index contributed by atoms with van der Waals surface area (Å²) in [5.41, 5.74) is 0.0278. The summed E-state index contributed by atoms with van der Waals surface area (Å²) in [6.45, 7) is 3.92. The van der Waals surface area contributed by atoms with Gasteiger partial charge in [0.05, 0.1) is 12.4 Å². The average molecular weight is 392 g/mol. The molecule has 0 aliphatic heterocycles. The summed E-state index contributed by atoms with van der Waals surface area (Å²) in [6.07, 6.45) is 4.01. The predicted molar refractivity (Wildman–Crippen MR) is 101 cm³/mol. The summed E-state index contributed by atoms with van der Waals surface area (Å²) >= 11 is 0. The molecule has 0 bridgehead atoms. The number of nitriles is 1. The number of nitrogens with zero attached hydrogens (tertiary/aromatic N) is 5. The number of carbonyl (C=O) groups excluding carboxylic acids is 2. The highest BCUT2D eigenvalue weighted by Gasteiger charge is 2.13.